The first kappa shape index (κ1) is 17.2. The molecule has 5 heteroatoms. The number of piperidine rings is 1. The number of likely N-dealkylation sites (tertiary alicyclic amines) is 1. The highest BCUT2D eigenvalue weighted by Gasteiger charge is 2.16. The Labute approximate surface area is 123 Å². The molecule has 1 saturated heterocycles. The first-order valence-electron chi connectivity index (χ1n) is 7.87. The molecule has 0 aliphatic carbocycles. The van der Waals surface area contributed by atoms with Crippen LogP contribution in [0.25, 0.3) is 0 Å². The largest absolute Gasteiger partial charge is 0.393 e. The predicted octanol–water partition coefficient (Wildman–Crippen LogP) is 1.19. The summed E-state index contributed by atoms with van der Waals surface area (Å²) in [7, 11) is 0. The van der Waals surface area contributed by atoms with Crippen molar-refractivity contribution in [3.8, 4) is 0 Å². The molecule has 0 aromatic heterocycles. The van der Waals surface area contributed by atoms with E-state index in [0.29, 0.717) is 0 Å². The minimum Gasteiger partial charge on any atom is -0.393 e. The van der Waals surface area contributed by atoms with Gasteiger partial charge in [0.05, 0.1) is 6.10 Å². The summed E-state index contributed by atoms with van der Waals surface area (Å²) in [6.45, 7) is 13.3. The maximum atomic E-state index is 9.47. The molecule has 0 amide bonds. The summed E-state index contributed by atoms with van der Waals surface area (Å²) in [5.74, 6) is 0.897. The second-order valence-corrected chi connectivity index (χ2v) is 6.56. The van der Waals surface area contributed by atoms with E-state index in [4.69, 9.17) is 0 Å². The molecule has 1 heterocycles. The van der Waals surface area contributed by atoms with Gasteiger partial charge in [-0.05, 0) is 53.5 Å². The van der Waals surface area contributed by atoms with E-state index in [2.05, 4.69) is 48.2 Å². The van der Waals surface area contributed by atoms with Gasteiger partial charge in [-0.25, -0.2) is 0 Å². The molecular formula is C15H32N4O. The number of hydrogen-bond acceptors (Lipinski definition) is 3. The lowest BCUT2D eigenvalue weighted by molar-refractivity contribution is 0.0824. The second kappa shape index (κ2) is 8.47. The number of aliphatic imine (C=N–C) groups is 1. The van der Waals surface area contributed by atoms with Gasteiger partial charge >= 0.3 is 0 Å². The fourth-order valence-electron chi connectivity index (χ4n) is 2.29. The van der Waals surface area contributed by atoms with Crippen molar-refractivity contribution in [2.24, 2.45) is 4.99 Å². The van der Waals surface area contributed by atoms with Gasteiger partial charge in [0.25, 0.3) is 0 Å². The average Bonchev–Trinajstić information content (AvgIpc) is 2.35. The SMILES string of the molecule is CCNC(=NCCCN1CCC(O)CC1)NC(C)(C)C. The van der Waals surface area contributed by atoms with Gasteiger partial charge in [0.1, 0.15) is 0 Å². The maximum absolute atomic E-state index is 9.47. The Morgan fingerprint density at radius 3 is 2.50 bits per heavy atom. The maximum Gasteiger partial charge on any atom is 0.191 e. The van der Waals surface area contributed by atoms with Crippen LogP contribution in [0, 0.1) is 0 Å². The lowest BCUT2D eigenvalue weighted by Crippen LogP contribution is -2.47. The summed E-state index contributed by atoms with van der Waals surface area (Å²) in [5.41, 5.74) is 0.0318. The molecule has 0 aromatic rings. The fourth-order valence-corrected chi connectivity index (χ4v) is 2.29. The summed E-state index contributed by atoms with van der Waals surface area (Å²) in [6.07, 6.45) is 2.81. The zero-order valence-corrected chi connectivity index (χ0v) is 13.6. The van der Waals surface area contributed by atoms with Gasteiger partial charge in [0, 0.05) is 31.7 Å². The molecule has 20 heavy (non-hydrogen) atoms. The lowest BCUT2D eigenvalue weighted by Gasteiger charge is -2.29. The summed E-state index contributed by atoms with van der Waals surface area (Å²) in [4.78, 5) is 7.04. The van der Waals surface area contributed by atoms with Crippen molar-refractivity contribution in [2.75, 3.05) is 32.7 Å². The zero-order chi connectivity index (χ0) is 15.0. The van der Waals surface area contributed by atoms with E-state index in [-0.39, 0.29) is 11.6 Å². The van der Waals surface area contributed by atoms with E-state index in [0.717, 1.165) is 57.9 Å². The minimum absolute atomic E-state index is 0.0318. The summed E-state index contributed by atoms with van der Waals surface area (Å²) >= 11 is 0. The van der Waals surface area contributed by atoms with Gasteiger partial charge < -0.3 is 20.6 Å². The van der Waals surface area contributed by atoms with Crippen LogP contribution >= 0.6 is 0 Å². The van der Waals surface area contributed by atoms with Gasteiger partial charge in [-0.15, -0.1) is 0 Å². The summed E-state index contributed by atoms with van der Waals surface area (Å²) < 4.78 is 0. The fraction of sp³-hybridized carbons (Fsp3) is 0.933. The van der Waals surface area contributed by atoms with Crippen LogP contribution in [0.3, 0.4) is 0 Å². The molecule has 0 atom stereocenters. The summed E-state index contributed by atoms with van der Waals surface area (Å²) in [5, 5.41) is 16.1. The van der Waals surface area contributed by atoms with Crippen LogP contribution in [0.2, 0.25) is 0 Å². The lowest BCUT2D eigenvalue weighted by atomic mass is 10.1. The van der Waals surface area contributed by atoms with Crippen LogP contribution < -0.4 is 10.6 Å². The second-order valence-electron chi connectivity index (χ2n) is 6.56. The van der Waals surface area contributed by atoms with Gasteiger partial charge in [-0.3, -0.25) is 4.99 Å². The standard InChI is InChI=1S/C15H32N4O/c1-5-16-14(18-15(2,3)4)17-9-6-10-19-11-7-13(20)8-12-19/h13,20H,5-12H2,1-4H3,(H2,16,17,18). The van der Waals surface area contributed by atoms with Crippen molar-refractivity contribution in [1.82, 2.24) is 15.5 Å². The predicted molar refractivity (Wildman–Crippen MR) is 85.2 cm³/mol. The highest BCUT2D eigenvalue weighted by Crippen LogP contribution is 2.09. The number of hydrogen-bond donors (Lipinski definition) is 3. The van der Waals surface area contributed by atoms with Crippen molar-refractivity contribution in [3.63, 3.8) is 0 Å². The van der Waals surface area contributed by atoms with E-state index in [9.17, 15) is 5.11 Å². The third-order valence-corrected chi connectivity index (χ3v) is 3.30. The molecular weight excluding hydrogens is 252 g/mol. The quantitative estimate of drug-likeness (QED) is 0.403. The van der Waals surface area contributed by atoms with Crippen LogP contribution in [0.1, 0.15) is 47.0 Å². The molecule has 0 saturated carbocycles. The Hall–Kier alpha value is -0.810. The Balaban J connectivity index is 2.26. The molecule has 5 nitrogen and oxygen atoms in total. The van der Waals surface area contributed by atoms with E-state index < -0.39 is 0 Å². The Morgan fingerprint density at radius 1 is 1.30 bits per heavy atom. The van der Waals surface area contributed by atoms with Crippen molar-refractivity contribution < 1.29 is 5.11 Å². The number of aliphatic hydroxyl groups is 1. The summed E-state index contributed by atoms with van der Waals surface area (Å²) in [6, 6.07) is 0. The number of nitrogens with zero attached hydrogens (tertiary/aromatic N) is 2. The Bertz CT molecular complexity index is 291. The van der Waals surface area contributed by atoms with Crippen LogP contribution in [-0.2, 0) is 0 Å². The van der Waals surface area contributed by atoms with Gasteiger partial charge in [0.15, 0.2) is 5.96 Å². The van der Waals surface area contributed by atoms with Crippen LogP contribution in [0.15, 0.2) is 4.99 Å². The first-order chi connectivity index (χ1) is 9.40. The Morgan fingerprint density at radius 2 is 1.95 bits per heavy atom. The molecule has 0 unspecified atom stereocenters. The highest BCUT2D eigenvalue weighted by molar-refractivity contribution is 5.80. The zero-order valence-electron chi connectivity index (χ0n) is 13.6. The smallest absolute Gasteiger partial charge is 0.191 e. The molecule has 0 bridgehead atoms. The molecule has 1 rings (SSSR count). The highest BCUT2D eigenvalue weighted by atomic mass is 16.3. The molecule has 0 aromatic carbocycles. The van der Waals surface area contributed by atoms with Crippen molar-refractivity contribution in [2.45, 2.75) is 58.6 Å². The average molecular weight is 284 g/mol. The Kier molecular flexibility index (Phi) is 7.30. The molecule has 1 fully saturated rings. The normalized spacial score (nSPS) is 19.1. The molecule has 1 aliphatic heterocycles. The third kappa shape index (κ3) is 7.70. The van der Waals surface area contributed by atoms with Gasteiger partial charge in [-0.1, -0.05) is 0 Å². The molecule has 3 N–H and O–H groups in total. The van der Waals surface area contributed by atoms with Crippen molar-refractivity contribution >= 4 is 5.96 Å². The molecule has 0 spiro atoms. The monoisotopic (exact) mass is 284 g/mol. The van der Waals surface area contributed by atoms with E-state index in [1.807, 2.05) is 0 Å². The topological polar surface area (TPSA) is 59.9 Å². The van der Waals surface area contributed by atoms with Crippen molar-refractivity contribution in [1.29, 1.82) is 0 Å². The first-order valence-corrected chi connectivity index (χ1v) is 7.87. The van der Waals surface area contributed by atoms with Crippen LogP contribution in [0.5, 0.6) is 0 Å². The molecule has 0 radical (unpaired) electrons. The minimum atomic E-state index is -0.0828. The van der Waals surface area contributed by atoms with Gasteiger partial charge in [0.2, 0.25) is 0 Å². The number of guanidine groups is 1. The number of aliphatic hydroxyl groups excluding tert-OH is 1. The van der Waals surface area contributed by atoms with Crippen LogP contribution in [-0.4, -0.2) is 60.3 Å². The van der Waals surface area contributed by atoms with Gasteiger partial charge in [-0.2, -0.15) is 0 Å². The third-order valence-electron chi connectivity index (χ3n) is 3.30. The molecule has 1 aliphatic rings. The van der Waals surface area contributed by atoms with E-state index >= 15 is 0 Å². The van der Waals surface area contributed by atoms with Crippen LogP contribution in [0.4, 0.5) is 0 Å². The number of rotatable bonds is 5. The van der Waals surface area contributed by atoms with E-state index in [1.165, 1.54) is 0 Å². The number of nitrogens with one attached hydrogen (secondary N) is 2. The van der Waals surface area contributed by atoms with E-state index in [1.54, 1.807) is 0 Å². The van der Waals surface area contributed by atoms with Crippen molar-refractivity contribution in [3.05, 3.63) is 0 Å². The molecule has 118 valence electrons.